The SMILES string of the molecule is C=C[C@@H](C[C@H](O)[C@H](CC1CCCCC1)NC(=O)[C@H](Cc1cnc[nH]1)NC(=O)[C@H](Cc1ccc(F)cc1)NC(=O)c1ccccc1-c1ccccn1)C(C)C. The summed E-state index contributed by atoms with van der Waals surface area (Å²) in [7, 11) is 0. The third-order valence-corrected chi connectivity index (χ3v) is 10.5. The van der Waals surface area contributed by atoms with Gasteiger partial charge in [0, 0.05) is 42.1 Å². The van der Waals surface area contributed by atoms with E-state index in [1.54, 1.807) is 60.9 Å². The Morgan fingerprint density at radius 3 is 2.30 bits per heavy atom. The molecule has 5 atom stereocenters. The van der Waals surface area contributed by atoms with Crippen molar-refractivity contribution in [2.45, 2.75) is 95.9 Å². The number of nitrogens with one attached hydrogen (secondary N) is 4. The third kappa shape index (κ3) is 11.4. The zero-order valence-electron chi connectivity index (χ0n) is 31.2. The van der Waals surface area contributed by atoms with E-state index in [0.717, 1.165) is 25.7 Å². The number of carbonyl (C=O) groups is 3. The van der Waals surface area contributed by atoms with Crippen LogP contribution in [0.1, 0.15) is 80.4 Å². The van der Waals surface area contributed by atoms with Crippen molar-refractivity contribution >= 4 is 17.7 Å². The number of amides is 3. The van der Waals surface area contributed by atoms with Gasteiger partial charge in [-0.2, -0.15) is 0 Å². The number of H-pyrrole nitrogens is 1. The topological polar surface area (TPSA) is 149 Å². The monoisotopic (exact) mass is 736 g/mol. The van der Waals surface area contributed by atoms with Crippen molar-refractivity contribution in [3.63, 3.8) is 0 Å². The molecule has 0 saturated heterocycles. The third-order valence-electron chi connectivity index (χ3n) is 10.5. The highest BCUT2D eigenvalue weighted by Crippen LogP contribution is 2.30. The molecule has 10 nitrogen and oxygen atoms in total. The van der Waals surface area contributed by atoms with Crippen LogP contribution < -0.4 is 16.0 Å². The van der Waals surface area contributed by atoms with Gasteiger partial charge in [-0.25, -0.2) is 9.37 Å². The summed E-state index contributed by atoms with van der Waals surface area (Å²) < 4.78 is 13.9. The summed E-state index contributed by atoms with van der Waals surface area (Å²) in [6, 6.07) is 15.4. The maximum atomic E-state index is 14.3. The summed E-state index contributed by atoms with van der Waals surface area (Å²) in [5.41, 5.74) is 2.74. The number of aromatic amines is 1. The molecule has 1 saturated carbocycles. The Morgan fingerprint density at radius 2 is 1.63 bits per heavy atom. The molecule has 1 fully saturated rings. The van der Waals surface area contributed by atoms with Gasteiger partial charge in [0.25, 0.3) is 5.91 Å². The first kappa shape index (κ1) is 40.0. The molecule has 1 aliphatic carbocycles. The van der Waals surface area contributed by atoms with Crippen LogP contribution in [0.5, 0.6) is 0 Å². The second-order valence-electron chi connectivity index (χ2n) is 14.8. The Morgan fingerprint density at radius 1 is 0.926 bits per heavy atom. The maximum absolute atomic E-state index is 14.3. The van der Waals surface area contributed by atoms with Crippen molar-refractivity contribution in [3.8, 4) is 11.3 Å². The molecule has 5 rings (SSSR count). The Hall–Kier alpha value is -5.16. The van der Waals surface area contributed by atoms with Crippen LogP contribution in [0.4, 0.5) is 4.39 Å². The quantitative estimate of drug-likeness (QED) is 0.0753. The van der Waals surface area contributed by atoms with Gasteiger partial charge < -0.3 is 26.0 Å². The number of hydrogen-bond acceptors (Lipinski definition) is 6. The molecular formula is C43H53FN6O4. The highest BCUT2D eigenvalue weighted by Gasteiger charge is 2.33. The van der Waals surface area contributed by atoms with E-state index in [1.807, 2.05) is 12.1 Å². The minimum atomic E-state index is -1.14. The molecule has 0 spiro atoms. The van der Waals surface area contributed by atoms with Crippen LogP contribution in [0.25, 0.3) is 11.3 Å². The van der Waals surface area contributed by atoms with E-state index in [-0.39, 0.29) is 24.7 Å². The predicted octanol–water partition coefficient (Wildman–Crippen LogP) is 6.34. The predicted molar refractivity (Wildman–Crippen MR) is 208 cm³/mol. The molecule has 0 bridgehead atoms. The van der Waals surface area contributed by atoms with Gasteiger partial charge >= 0.3 is 0 Å². The highest BCUT2D eigenvalue weighted by atomic mass is 19.1. The lowest BCUT2D eigenvalue weighted by molar-refractivity contribution is -0.131. The average molecular weight is 737 g/mol. The van der Waals surface area contributed by atoms with E-state index in [4.69, 9.17) is 0 Å². The molecule has 11 heteroatoms. The van der Waals surface area contributed by atoms with Crippen LogP contribution >= 0.6 is 0 Å². The van der Waals surface area contributed by atoms with Crippen molar-refractivity contribution in [3.05, 3.63) is 121 Å². The van der Waals surface area contributed by atoms with Gasteiger partial charge in [-0.3, -0.25) is 19.4 Å². The van der Waals surface area contributed by atoms with Gasteiger partial charge in [0.1, 0.15) is 17.9 Å². The number of halogens is 1. The lowest BCUT2D eigenvalue weighted by Crippen LogP contribution is -2.57. The van der Waals surface area contributed by atoms with Crippen molar-refractivity contribution in [2.75, 3.05) is 0 Å². The van der Waals surface area contributed by atoms with E-state index >= 15 is 0 Å². The summed E-state index contributed by atoms with van der Waals surface area (Å²) in [6.07, 6.45) is 12.5. The molecule has 2 aromatic carbocycles. The van der Waals surface area contributed by atoms with E-state index in [9.17, 15) is 23.9 Å². The molecule has 2 aromatic heterocycles. The highest BCUT2D eigenvalue weighted by molar-refractivity contribution is 6.03. The summed E-state index contributed by atoms with van der Waals surface area (Å²) >= 11 is 0. The standard InChI is InChI=1S/C43H53FN6O4/c1-4-31(28(2)3)24-40(51)37(22-29-12-6-5-7-13-29)48-43(54)39(25-33-26-45-27-47-33)50-42(53)38(23-30-17-19-32(44)20-18-30)49-41(52)35-15-9-8-14-34(35)36-16-10-11-21-46-36/h4,8-11,14-21,26-29,31,37-40,51H,1,5-7,12-13,22-25H2,2-3H3,(H,45,47)(H,48,54)(H,49,52)(H,50,53)/t31-,37-,38-,39-,40-/m0/s1. The number of benzene rings is 2. The molecular weight excluding hydrogens is 684 g/mol. The minimum absolute atomic E-state index is 0.0309. The van der Waals surface area contributed by atoms with Crippen molar-refractivity contribution in [1.29, 1.82) is 0 Å². The smallest absolute Gasteiger partial charge is 0.252 e. The summed E-state index contributed by atoms with van der Waals surface area (Å²) in [5, 5.41) is 20.5. The summed E-state index contributed by atoms with van der Waals surface area (Å²) in [4.78, 5) is 54.1. The number of aliphatic hydroxyl groups is 1. The van der Waals surface area contributed by atoms with Gasteiger partial charge in [-0.05, 0) is 66.5 Å². The Balaban J connectivity index is 1.41. The van der Waals surface area contributed by atoms with E-state index in [0.29, 0.717) is 46.8 Å². The molecule has 4 aromatic rings. The Bertz CT molecular complexity index is 1790. The number of rotatable bonds is 18. The first-order chi connectivity index (χ1) is 26.1. The largest absolute Gasteiger partial charge is 0.391 e. The second kappa shape index (κ2) is 19.8. The number of imidazole rings is 1. The number of hydrogen-bond donors (Lipinski definition) is 5. The lowest BCUT2D eigenvalue weighted by atomic mass is 9.81. The van der Waals surface area contributed by atoms with Gasteiger partial charge in [-0.15, -0.1) is 6.58 Å². The number of aliphatic hydroxyl groups excluding tert-OH is 1. The average Bonchev–Trinajstić information content (AvgIpc) is 3.70. The summed E-state index contributed by atoms with van der Waals surface area (Å²) in [5.74, 6) is -1.30. The molecule has 0 unspecified atom stereocenters. The van der Waals surface area contributed by atoms with Crippen molar-refractivity contribution in [2.24, 2.45) is 17.8 Å². The number of pyridine rings is 1. The first-order valence-electron chi connectivity index (χ1n) is 19.1. The molecule has 0 aliphatic heterocycles. The van der Waals surface area contributed by atoms with Crippen LogP contribution in [0.2, 0.25) is 0 Å². The van der Waals surface area contributed by atoms with E-state index in [1.165, 1.54) is 24.9 Å². The Labute approximate surface area is 317 Å². The van der Waals surface area contributed by atoms with Gasteiger partial charge in [0.05, 0.1) is 24.2 Å². The van der Waals surface area contributed by atoms with E-state index < -0.39 is 47.8 Å². The molecule has 5 N–H and O–H groups in total. The normalized spacial score (nSPS) is 16.1. The van der Waals surface area contributed by atoms with Gasteiger partial charge in [0.15, 0.2) is 0 Å². The van der Waals surface area contributed by atoms with E-state index in [2.05, 4.69) is 51.3 Å². The zero-order chi connectivity index (χ0) is 38.5. The van der Waals surface area contributed by atoms with Crippen LogP contribution in [-0.4, -0.2) is 62.0 Å². The molecule has 3 amide bonds. The van der Waals surface area contributed by atoms with Crippen LogP contribution in [0.3, 0.4) is 0 Å². The van der Waals surface area contributed by atoms with Gasteiger partial charge in [0.2, 0.25) is 11.8 Å². The molecule has 286 valence electrons. The summed E-state index contributed by atoms with van der Waals surface area (Å²) in [6.45, 7) is 8.15. The fourth-order valence-electron chi connectivity index (χ4n) is 7.29. The maximum Gasteiger partial charge on any atom is 0.252 e. The zero-order valence-corrected chi connectivity index (χ0v) is 31.2. The van der Waals surface area contributed by atoms with Crippen LogP contribution in [-0.2, 0) is 22.4 Å². The molecule has 2 heterocycles. The number of carbonyl (C=O) groups excluding carboxylic acids is 3. The number of nitrogens with zero attached hydrogens (tertiary/aromatic N) is 2. The van der Waals surface area contributed by atoms with Crippen LogP contribution in [0.15, 0.2) is 98.1 Å². The second-order valence-corrected chi connectivity index (χ2v) is 14.8. The van der Waals surface area contributed by atoms with Crippen LogP contribution in [0, 0.1) is 23.6 Å². The fraction of sp³-hybridized carbons (Fsp3) is 0.419. The lowest BCUT2D eigenvalue weighted by Gasteiger charge is -2.33. The first-order valence-corrected chi connectivity index (χ1v) is 19.1. The van der Waals surface area contributed by atoms with Crippen molar-refractivity contribution < 1.29 is 23.9 Å². The number of allylic oxidation sites excluding steroid dienone is 1. The molecule has 0 radical (unpaired) electrons. The van der Waals surface area contributed by atoms with Gasteiger partial charge in [-0.1, -0.05) is 88.4 Å². The number of aromatic nitrogens is 3. The molecule has 1 aliphatic rings. The van der Waals surface area contributed by atoms with Crippen molar-refractivity contribution in [1.82, 2.24) is 30.9 Å². The molecule has 54 heavy (non-hydrogen) atoms. The minimum Gasteiger partial charge on any atom is -0.391 e. The Kier molecular flexibility index (Phi) is 14.7. The fourth-order valence-corrected chi connectivity index (χ4v) is 7.29.